The molecule has 3 rings (SSSR count). The summed E-state index contributed by atoms with van der Waals surface area (Å²) < 4.78 is 29.3. The third-order valence-electron chi connectivity index (χ3n) is 6.79. The van der Waals surface area contributed by atoms with Gasteiger partial charge in [-0.25, -0.2) is 8.78 Å². The number of unbranched alkanes of at least 4 members (excludes halogenated alkanes) is 8. The lowest BCUT2D eigenvalue weighted by atomic mass is 10.0. The van der Waals surface area contributed by atoms with Crippen LogP contribution < -0.4 is 0 Å². The van der Waals surface area contributed by atoms with E-state index in [1.54, 1.807) is 0 Å². The molecule has 0 unspecified atom stereocenters. The van der Waals surface area contributed by atoms with Gasteiger partial charge in [0, 0.05) is 11.1 Å². The highest BCUT2D eigenvalue weighted by atomic mass is 19.1. The molecule has 0 saturated carbocycles. The minimum absolute atomic E-state index is 0.0383. The Morgan fingerprint density at radius 2 is 0.842 bits per heavy atom. The molecule has 198 valence electrons. The average molecular weight is 511 g/mol. The smallest absolute Gasteiger partial charge is 0.140 e. The zero-order valence-corrected chi connectivity index (χ0v) is 23.0. The number of benzene rings is 3. The van der Waals surface area contributed by atoms with Crippen molar-refractivity contribution in [3.05, 3.63) is 106 Å². The quantitative estimate of drug-likeness (QED) is 0.168. The Kier molecular flexibility index (Phi) is 12.7. The second-order valence-corrected chi connectivity index (χ2v) is 10.0. The lowest BCUT2D eigenvalue weighted by Gasteiger charge is -2.02. The van der Waals surface area contributed by atoms with Gasteiger partial charge in [0.1, 0.15) is 11.6 Å². The first-order chi connectivity index (χ1) is 18.6. The van der Waals surface area contributed by atoms with Crippen LogP contribution in [0, 0.1) is 35.3 Å². The highest BCUT2D eigenvalue weighted by molar-refractivity contribution is 5.49. The van der Waals surface area contributed by atoms with Crippen molar-refractivity contribution in [1.82, 2.24) is 0 Å². The van der Waals surface area contributed by atoms with Crippen molar-refractivity contribution >= 4 is 0 Å². The van der Waals surface area contributed by atoms with Crippen molar-refractivity contribution in [2.45, 2.75) is 90.9 Å². The van der Waals surface area contributed by atoms with Gasteiger partial charge in [0.25, 0.3) is 0 Å². The fourth-order valence-electron chi connectivity index (χ4n) is 4.39. The summed E-state index contributed by atoms with van der Waals surface area (Å²) in [5, 5.41) is 0. The Bertz CT molecular complexity index is 1140. The number of rotatable bonds is 12. The summed E-state index contributed by atoms with van der Waals surface area (Å²) in [6.45, 7) is 4.44. The first kappa shape index (κ1) is 29.2. The standard InChI is InChI=1S/C36H40F2/c1-3-5-7-9-11-13-29-15-19-31(20-16-29)23-25-33-27-36(38)34(28-35(33)37)26-24-32-21-17-30(18-22-32)14-12-10-8-6-4-2/h15-22,27-28H,3-14H2,1-2H3. The predicted octanol–water partition coefficient (Wildman–Crippen LogP) is 9.79. The van der Waals surface area contributed by atoms with E-state index in [4.69, 9.17) is 0 Å². The molecule has 0 saturated heterocycles. The lowest BCUT2D eigenvalue weighted by molar-refractivity contribution is 0.594. The maximum absolute atomic E-state index is 14.7. The van der Waals surface area contributed by atoms with E-state index in [9.17, 15) is 8.78 Å². The predicted molar refractivity (Wildman–Crippen MR) is 156 cm³/mol. The molecular weight excluding hydrogens is 470 g/mol. The molecule has 0 spiro atoms. The van der Waals surface area contributed by atoms with Gasteiger partial charge in [-0.1, -0.05) is 113 Å². The number of hydrogen-bond donors (Lipinski definition) is 0. The Morgan fingerprint density at radius 1 is 0.474 bits per heavy atom. The Labute approximate surface area is 228 Å². The second-order valence-electron chi connectivity index (χ2n) is 10.0. The van der Waals surface area contributed by atoms with Crippen LogP contribution in [0.2, 0.25) is 0 Å². The highest BCUT2D eigenvalue weighted by Crippen LogP contribution is 2.15. The second kappa shape index (κ2) is 16.5. The molecule has 0 bridgehead atoms. The maximum atomic E-state index is 14.7. The molecule has 3 aromatic rings. The number of halogens is 2. The van der Waals surface area contributed by atoms with Crippen LogP contribution in [0.3, 0.4) is 0 Å². The van der Waals surface area contributed by atoms with Crippen LogP contribution in [0.15, 0.2) is 60.7 Å². The normalized spacial score (nSPS) is 10.4. The van der Waals surface area contributed by atoms with Gasteiger partial charge in [-0.15, -0.1) is 0 Å². The summed E-state index contributed by atoms with van der Waals surface area (Å²) in [7, 11) is 0. The molecule has 0 atom stereocenters. The van der Waals surface area contributed by atoms with Crippen molar-refractivity contribution in [3.8, 4) is 23.7 Å². The van der Waals surface area contributed by atoms with E-state index in [0.717, 1.165) is 36.1 Å². The van der Waals surface area contributed by atoms with Gasteiger partial charge in [-0.3, -0.25) is 0 Å². The summed E-state index contributed by atoms with van der Waals surface area (Å²) in [5.41, 5.74) is 4.21. The first-order valence-corrected chi connectivity index (χ1v) is 14.3. The Morgan fingerprint density at radius 3 is 1.21 bits per heavy atom. The van der Waals surface area contributed by atoms with Crippen LogP contribution in [0.1, 0.15) is 111 Å². The van der Waals surface area contributed by atoms with Crippen molar-refractivity contribution < 1.29 is 8.78 Å². The topological polar surface area (TPSA) is 0 Å². The Balaban J connectivity index is 1.57. The minimum atomic E-state index is -0.565. The van der Waals surface area contributed by atoms with E-state index in [-0.39, 0.29) is 11.1 Å². The van der Waals surface area contributed by atoms with Gasteiger partial charge < -0.3 is 0 Å². The fourth-order valence-corrected chi connectivity index (χ4v) is 4.39. The molecular formula is C36H40F2. The SMILES string of the molecule is CCCCCCCc1ccc(C#Cc2cc(F)c(C#Cc3ccc(CCCCCCC)cc3)cc2F)cc1. The van der Waals surface area contributed by atoms with E-state index in [2.05, 4.69) is 61.8 Å². The van der Waals surface area contributed by atoms with Crippen LogP contribution in [-0.2, 0) is 12.8 Å². The van der Waals surface area contributed by atoms with E-state index < -0.39 is 11.6 Å². The molecule has 0 amide bonds. The monoisotopic (exact) mass is 510 g/mol. The lowest BCUT2D eigenvalue weighted by Crippen LogP contribution is -1.92. The van der Waals surface area contributed by atoms with Crippen molar-refractivity contribution in [1.29, 1.82) is 0 Å². The van der Waals surface area contributed by atoms with E-state index >= 15 is 0 Å². The highest BCUT2D eigenvalue weighted by Gasteiger charge is 2.07. The van der Waals surface area contributed by atoms with E-state index in [1.807, 2.05) is 24.3 Å². The molecule has 0 heterocycles. The summed E-state index contributed by atoms with van der Waals surface area (Å²) >= 11 is 0. The first-order valence-electron chi connectivity index (χ1n) is 14.3. The molecule has 2 heteroatoms. The molecule has 0 aliphatic carbocycles. The van der Waals surface area contributed by atoms with Crippen LogP contribution in [-0.4, -0.2) is 0 Å². The zero-order valence-electron chi connectivity index (χ0n) is 23.0. The van der Waals surface area contributed by atoms with Gasteiger partial charge in [0.05, 0.1) is 11.1 Å². The average Bonchev–Trinajstić information content (AvgIpc) is 2.93. The van der Waals surface area contributed by atoms with Crippen molar-refractivity contribution in [3.63, 3.8) is 0 Å². The van der Waals surface area contributed by atoms with Gasteiger partial charge in [-0.2, -0.15) is 0 Å². The molecule has 0 N–H and O–H groups in total. The molecule has 0 fully saturated rings. The summed E-state index contributed by atoms with van der Waals surface area (Å²) in [4.78, 5) is 0. The number of hydrogen-bond acceptors (Lipinski definition) is 0. The molecule has 0 aliphatic heterocycles. The molecule has 0 nitrogen and oxygen atoms in total. The zero-order chi connectivity index (χ0) is 27.0. The molecule has 3 aromatic carbocycles. The fraction of sp³-hybridized carbons (Fsp3) is 0.389. The summed E-state index contributed by atoms with van der Waals surface area (Å²) in [6, 6.07) is 18.3. The molecule has 0 aromatic heterocycles. The Hall–Kier alpha value is -3.36. The number of aryl methyl sites for hydroxylation is 2. The van der Waals surface area contributed by atoms with Gasteiger partial charge in [0.2, 0.25) is 0 Å². The van der Waals surface area contributed by atoms with Gasteiger partial charge in [0.15, 0.2) is 0 Å². The van der Waals surface area contributed by atoms with Crippen LogP contribution in [0.4, 0.5) is 8.78 Å². The summed E-state index contributed by atoms with van der Waals surface area (Å²) in [5.74, 6) is 10.3. The minimum Gasteiger partial charge on any atom is -0.206 e. The summed E-state index contributed by atoms with van der Waals surface area (Å²) in [6.07, 6.45) is 14.7. The third kappa shape index (κ3) is 10.2. The largest absolute Gasteiger partial charge is 0.206 e. The van der Waals surface area contributed by atoms with E-state index in [0.29, 0.717) is 0 Å². The molecule has 0 aliphatic rings. The van der Waals surface area contributed by atoms with Crippen LogP contribution >= 0.6 is 0 Å². The van der Waals surface area contributed by atoms with Crippen LogP contribution in [0.25, 0.3) is 0 Å². The maximum Gasteiger partial charge on any atom is 0.140 e. The van der Waals surface area contributed by atoms with Crippen molar-refractivity contribution in [2.24, 2.45) is 0 Å². The van der Waals surface area contributed by atoms with E-state index in [1.165, 1.54) is 75.3 Å². The van der Waals surface area contributed by atoms with Crippen molar-refractivity contribution in [2.75, 3.05) is 0 Å². The molecule has 0 radical (unpaired) electrons. The van der Waals surface area contributed by atoms with Gasteiger partial charge in [-0.05, 0) is 73.2 Å². The van der Waals surface area contributed by atoms with Crippen LogP contribution in [0.5, 0.6) is 0 Å². The molecule has 38 heavy (non-hydrogen) atoms. The van der Waals surface area contributed by atoms with Gasteiger partial charge >= 0.3 is 0 Å². The third-order valence-corrected chi connectivity index (χ3v) is 6.79.